The van der Waals surface area contributed by atoms with Crippen LogP contribution in [0.5, 0.6) is 0 Å². The molecule has 3 rings (SSSR count). The van der Waals surface area contributed by atoms with Crippen molar-refractivity contribution >= 4 is 11.4 Å². The lowest BCUT2D eigenvalue weighted by molar-refractivity contribution is 0.122. The van der Waals surface area contributed by atoms with Crippen LogP contribution in [0.3, 0.4) is 0 Å². The average Bonchev–Trinajstić information content (AvgIpc) is 2.57. The van der Waals surface area contributed by atoms with Crippen molar-refractivity contribution < 1.29 is 9.13 Å². The number of hydrogen-bond donors (Lipinski definition) is 1. The Labute approximate surface area is 130 Å². The maximum absolute atomic E-state index is 13.6. The minimum absolute atomic E-state index is 0.175. The standard InChI is InChI=1S/C18H21FN2O/c1-14-16(19)6-4-7-17(14)20-13-15-5-2-3-8-18(15)21-9-11-22-12-10-21/h2-8,20H,9-13H2,1H3. The summed E-state index contributed by atoms with van der Waals surface area (Å²) >= 11 is 0. The molecule has 0 atom stereocenters. The zero-order valence-corrected chi connectivity index (χ0v) is 12.8. The Hall–Kier alpha value is -2.07. The molecule has 3 nitrogen and oxygen atoms in total. The van der Waals surface area contributed by atoms with Crippen molar-refractivity contribution in [1.82, 2.24) is 0 Å². The first-order valence-corrected chi connectivity index (χ1v) is 7.65. The molecule has 0 aliphatic carbocycles. The van der Waals surface area contributed by atoms with Crippen LogP contribution in [0.25, 0.3) is 0 Å². The Morgan fingerprint density at radius 2 is 1.86 bits per heavy atom. The van der Waals surface area contributed by atoms with Crippen molar-refractivity contribution in [2.24, 2.45) is 0 Å². The first-order valence-electron chi connectivity index (χ1n) is 7.65. The fourth-order valence-electron chi connectivity index (χ4n) is 2.76. The number of rotatable bonds is 4. The van der Waals surface area contributed by atoms with Gasteiger partial charge in [-0.1, -0.05) is 24.3 Å². The smallest absolute Gasteiger partial charge is 0.128 e. The van der Waals surface area contributed by atoms with E-state index in [4.69, 9.17) is 4.74 Å². The summed E-state index contributed by atoms with van der Waals surface area (Å²) in [5.41, 5.74) is 3.95. The van der Waals surface area contributed by atoms with E-state index in [1.165, 1.54) is 17.3 Å². The maximum Gasteiger partial charge on any atom is 0.128 e. The van der Waals surface area contributed by atoms with Gasteiger partial charge >= 0.3 is 0 Å². The fraction of sp³-hybridized carbons (Fsp3) is 0.333. The van der Waals surface area contributed by atoms with E-state index in [9.17, 15) is 4.39 Å². The molecule has 116 valence electrons. The Bertz CT molecular complexity index is 639. The van der Waals surface area contributed by atoms with Crippen molar-refractivity contribution in [2.45, 2.75) is 13.5 Å². The van der Waals surface area contributed by atoms with Gasteiger partial charge in [-0.3, -0.25) is 0 Å². The van der Waals surface area contributed by atoms with Gasteiger partial charge < -0.3 is 15.0 Å². The maximum atomic E-state index is 13.6. The van der Waals surface area contributed by atoms with Crippen molar-refractivity contribution in [2.75, 3.05) is 36.5 Å². The zero-order chi connectivity index (χ0) is 15.4. The molecule has 0 amide bonds. The van der Waals surface area contributed by atoms with Gasteiger partial charge in [0, 0.05) is 36.6 Å². The Morgan fingerprint density at radius 1 is 1.09 bits per heavy atom. The SMILES string of the molecule is Cc1c(F)cccc1NCc1ccccc1N1CCOCC1. The van der Waals surface area contributed by atoms with Crippen LogP contribution >= 0.6 is 0 Å². The minimum Gasteiger partial charge on any atom is -0.381 e. The lowest BCUT2D eigenvalue weighted by Crippen LogP contribution is -2.36. The van der Waals surface area contributed by atoms with E-state index in [1.807, 2.05) is 12.1 Å². The number of nitrogens with zero attached hydrogens (tertiary/aromatic N) is 1. The van der Waals surface area contributed by atoms with Crippen LogP contribution in [0.4, 0.5) is 15.8 Å². The van der Waals surface area contributed by atoms with E-state index in [-0.39, 0.29) is 5.82 Å². The van der Waals surface area contributed by atoms with Crippen LogP contribution < -0.4 is 10.2 Å². The van der Waals surface area contributed by atoms with E-state index < -0.39 is 0 Å². The minimum atomic E-state index is -0.175. The molecule has 0 unspecified atom stereocenters. The molecular weight excluding hydrogens is 279 g/mol. The van der Waals surface area contributed by atoms with Gasteiger partial charge in [-0.05, 0) is 30.7 Å². The molecule has 2 aromatic rings. The van der Waals surface area contributed by atoms with Crippen LogP contribution in [-0.2, 0) is 11.3 Å². The summed E-state index contributed by atoms with van der Waals surface area (Å²) in [6, 6.07) is 13.5. The van der Waals surface area contributed by atoms with Gasteiger partial charge in [0.25, 0.3) is 0 Å². The van der Waals surface area contributed by atoms with E-state index in [0.29, 0.717) is 12.1 Å². The first kappa shape index (κ1) is 14.9. The van der Waals surface area contributed by atoms with Crippen LogP contribution in [-0.4, -0.2) is 26.3 Å². The van der Waals surface area contributed by atoms with Crippen molar-refractivity contribution in [1.29, 1.82) is 0 Å². The molecule has 0 aromatic heterocycles. The number of morpholine rings is 1. The third-order valence-electron chi connectivity index (χ3n) is 4.08. The molecule has 0 spiro atoms. The summed E-state index contributed by atoms with van der Waals surface area (Å²) in [4.78, 5) is 2.35. The molecule has 1 saturated heterocycles. The first-order chi connectivity index (χ1) is 10.8. The Morgan fingerprint density at radius 3 is 2.68 bits per heavy atom. The summed E-state index contributed by atoms with van der Waals surface area (Å²) in [5, 5.41) is 3.35. The number of para-hydroxylation sites is 1. The molecular formula is C18H21FN2O. The van der Waals surface area contributed by atoms with Crippen LogP contribution in [0, 0.1) is 12.7 Å². The van der Waals surface area contributed by atoms with E-state index in [1.54, 1.807) is 13.0 Å². The van der Waals surface area contributed by atoms with Crippen molar-refractivity contribution in [3.63, 3.8) is 0 Å². The van der Waals surface area contributed by atoms with Gasteiger partial charge in [-0.25, -0.2) is 4.39 Å². The normalized spacial score (nSPS) is 14.9. The summed E-state index contributed by atoms with van der Waals surface area (Å²) in [6.45, 7) is 5.84. The Kier molecular flexibility index (Phi) is 4.59. The second kappa shape index (κ2) is 6.79. The number of ether oxygens (including phenoxy) is 1. The summed E-state index contributed by atoms with van der Waals surface area (Å²) < 4.78 is 19.0. The summed E-state index contributed by atoms with van der Waals surface area (Å²) in [7, 11) is 0. The van der Waals surface area contributed by atoms with Gasteiger partial charge in [0.1, 0.15) is 5.82 Å². The van der Waals surface area contributed by atoms with Crippen LogP contribution in [0.15, 0.2) is 42.5 Å². The number of nitrogens with one attached hydrogen (secondary N) is 1. The number of hydrogen-bond acceptors (Lipinski definition) is 3. The Balaban J connectivity index is 1.76. The molecule has 22 heavy (non-hydrogen) atoms. The quantitative estimate of drug-likeness (QED) is 0.934. The summed E-state index contributed by atoms with van der Waals surface area (Å²) in [5.74, 6) is -0.175. The van der Waals surface area contributed by atoms with Crippen molar-refractivity contribution in [3.05, 3.63) is 59.4 Å². The lowest BCUT2D eigenvalue weighted by atomic mass is 10.1. The van der Waals surface area contributed by atoms with E-state index in [2.05, 4.69) is 28.4 Å². The van der Waals surface area contributed by atoms with Gasteiger partial charge in [0.15, 0.2) is 0 Å². The number of halogens is 1. The van der Waals surface area contributed by atoms with Crippen molar-refractivity contribution in [3.8, 4) is 0 Å². The zero-order valence-electron chi connectivity index (χ0n) is 12.8. The second-order valence-corrected chi connectivity index (χ2v) is 5.49. The molecule has 0 bridgehead atoms. The molecule has 1 aliphatic rings. The lowest BCUT2D eigenvalue weighted by Gasteiger charge is -2.30. The molecule has 1 N–H and O–H groups in total. The van der Waals surface area contributed by atoms with E-state index in [0.717, 1.165) is 32.0 Å². The third kappa shape index (κ3) is 3.22. The van der Waals surface area contributed by atoms with E-state index >= 15 is 0 Å². The highest BCUT2D eigenvalue weighted by molar-refractivity contribution is 5.57. The van der Waals surface area contributed by atoms with Crippen LogP contribution in [0.2, 0.25) is 0 Å². The second-order valence-electron chi connectivity index (χ2n) is 5.49. The van der Waals surface area contributed by atoms with Gasteiger partial charge in [-0.2, -0.15) is 0 Å². The summed E-state index contributed by atoms with van der Waals surface area (Å²) in [6.07, 6.45) is 0. The molecule has 0 radical (unpaired) electrons. The topological polar surface area (TPSA) is 24.5 Å². The van der Waals surface area contributed by atoms with Gasteiger partial charge in [-0.15, -0.1) is 0 Å². The molecule has 1 fully saturated rings. The molecule has 0 saturated carbocycles. The third-order valence-corrected chi connectivity index (χ3v) is 4.08. The predicted molar refractivity (Wildman–Crippen MR) is 87.9 cm³/mol. The monoisotopic (exact) mass is 300 g/mol. The highest BCUT2D eigenvalue weighted by Crippen LogP contribution is 2.24. The van der Waals surface area contributed by atoms with Gasteiger partial charge in [0.05, 0.1) is 13.2 Å². The van der Waals surface area contributed by atoms with Gasteiger partial charge in [0.2, 0.25) is 0 Å². The molecule has 2 aromatic carbocycles. The molecule has 1 heterocycles. The van der Waals surface area contributed by atoms with Crippen LogP contribution in [0.1, 0.15) is 11.1 Å². The molecule has 1 aliphatic heterocycles. The number of anilines is 2. The average molecular weight is 300 g/mol. The largest absolute Gasteiger partial charge is 0.381 e. The number of benzene rings is 2. The molecule has 4 heteroatoms. The predicted octanol–water partition coefficient (Wildman–Crippen LogP) is 3.58. The fourth-order valence-corrected chi connectivity index (χ4v) is 2.76. The highest BCUT2D eigenvalue weighted by atomic mass is 19.1. The highest BCUT2D eigenvalue weighted by Gasteiger charge is 2.14.